The van der Waals surface area contributed by atoms with Crippen molar-refractivity contribution < 1.29 is 14.3 Å². The fourth-order valence-corrected chi connectivity index (χ4v) is 5.11. The Morgan fingerprint density at radius 2 is 1.03 bits per heavy atom. The van der Waals surface area contributed by atoms with Gasteiger partial charge in [-0.05, 0) is 43.9 Å². The van der Waals surface area contributed by atoms with Crippen LogP contribution < -0.4 is 0 Å². The van der Waals surface area contributed by atoms with Gasteiger partial charge in [0.05, 0.1) is 6.61 Å². The van der Waals surface area contributed by atoms with E-state index in [-0.39, 0.29) is 11.9 Å². The molecule has 0 aliphatic carbocycles. The quantitative estimate of drug-likeness (QED) is 0.0795. The van der Waals surface area contributed by atoms with Crippen molar-refractivity contribution in [2.45, 2.75) is 169 Å². The third kappa shape index (κ3) is 21.6. The van der Waals surface area contributed by atoms with E-state index in [9.17, 15) is 9.59 Å². The van der Waals surface area contributed by atoms with Crippen LogP contribution in [0.4, 0.5) is 0 Å². The van der Waals surface area contributed by atoms with Crippen LogP contribution in [0.1, 0.15) is 169 Å². The minimum absolute atomic E-state index is 0.0971. The van der Waals surface area contributed by atoms with E-state index >= 15 is 0 Å². The third-order valence-electron chi connectivity index (χ3n) is 7.93. The largest absolute Gasteiger partial charge is 0.466 e. The second-order valence-electron chi connectivity index (χ2n) is 11.4. The van der Waals surface area contributed by atoms with Crippen LogP contribution in [0.15, 0.2) is 0 Å². The lowest BCUT2D eigenvalue weighted by molar-refractivity contribution is -0.144. The molecular weight excluding hydrogens is 458 g/mol. The molecular formula is C33H65NO3. The van der Waals surface area contributed by atoms with Crippen molar-refractivity contribution in [2.24, 2.45) is 11.8 Å². The molecule has 0 fully saturated rings. The second-order valence-corrected chi connectivity index (χ2v) is 11.4. The Kier molecular flexibility index (Phi) is 25.8. The Labute approximate surface area is 232 Å². The highest BCUT2D eigenvalue weighted by atomic mass is 16.5. The molecule has 4 nitrogen and oxygen atoms in total. The SMILES string of the molecule is CCCCCCCCCCCOC(=O)CCCCC(=O)N(CC(CC)CCCC)CC(CC)CCCC. The smallest absolute Gasteiger partial charge is 0.305 e. The molecule has 0 saturated carbocycles. The van der Waals surface area contributed by atoms with Crippen molar-refractivity contribution in [3.05, 3.63) is 0 Å². The number of carbonyl (C=O) groups excluding carboxylic acids is 2. The van der Waals surface area contributed by atoms with Gasteiger partial charge in [0.25, 0.3) is 0 Å². The maximum Gasteiger partial charge on any atom is 0.305 e. The fourth-order valence-electron chi connectivity index (χ4n) is 5.11. The summed E-state index contributed by atoms with van der Waals surface area (Å²) in [7, 11) is 0. The first-order valence-corrected chi connectivity index (χ1v) is 16.4. The maximum atomic E-state index is 13.2. The summed E-state index contributed by atoms with van der Waals surface area (Å²) in [6.07, 6.45) is 23.6. The van der Waals surface area contributed by atoms with Crippen molar-refractivity contribution in [1.82, 2.24) is 4.90 Å². The van der Waals surface area contributed by atoms with Gasteiger partial charge in [-0.2, -0.15) is 0 Å². The van der Waals surface area contributed by atoms with Crippen LogP contribution in [0.2, 0.25) is 0 Å². The summed E-state index contributed by atoms with van der Waals surface area (Å²) in [6.45, 7) is 13.6. The third-order valence-corrected chi connectivity index (χ3v) is 7.93. The van der Waals surface area contributed by atoms with E-state index in [1.54, 1.807) is 0 Å². The predicted octanol–water partition coefficient (Wildman–Crippen LogP) is 9.88. The van der Waals surface area contributed by atoms with E-state index in [2.05, 4.69) is 39.5 Å². The van der Waals surface area contributed by atoms with Crippen LogP contribution in [-0.4, -0.2) is 36.5 Å². The summed E-state index contributed by atoms with van der Waals surface area (Å²) in [6, 6.07) is 0. The van der Waals surface area contributed by atoms with Crippen molar-refractivity contribution in [3.8, 4) is 0 Å². The van der Waals surface area contributed by atoms with Gasteiger partial charge in [-0.15, -0.1) is 0 Å². The van der Waals surface area contributed by atoms with Crippen molar-refractivity contribution >= 4 is 11.9 Å². The summed E-state index contributed by atoms with van der Waals surface area (Å²) >= 11 is 0. The van der Waals surface area contributed by atoms with Crippen LogP contribution in [-0.2, 0) is 14.3 Å². The summed E-state index contributed by atoms with van der Waals surface area (Å²) in [5.74, 6) is 1.39. The lowest BCUT2D eigenvalue weighted by Crippen LogP contribution is -2.38. The molecule has 0 aliphatic rings. The molecule has 0 aromatic rings. The molecule has 0 aromatic carbocycles. The molecule has 4 heteroatoms. The molecule has 0 aromatic heterocycles. The molecule has 0 N–H and O–H groups in total. The maximum absolute atomic E-state index is 13.2. The van der Waals surface area contributed by atoms with Crippen molar-refractivity contribution in [1.29, 1.82) is 0 Å². The summed E-state index contributed by atoms with van der Waals surface area (Å²) in [4.78, 5) is 27.5. The zero-order chi connectivity index (χ0) is 27.6. The number of ether oxygens (including phenoxy) is 1. The second kappa shape index (κ2) is 26.5. The highest BCUT2D eigenvalue weighted by Crippen LogP contribution is 2.20. The fraction of sp³-hybridized carbons (Fsp3) is 0.939. The molecule has 220 valence electrons. The predicted molar refractivity (Wildman–Crippen MR) is 160 cm³/mol. The Morgan fingerprint density at radius 3 is 1.51 bits per heavy atom. The van der Waals surface area contributed by atoms with E-state index in [0.717, 1.165) is 51.6 Å². The minimum atomic E-state index is -0.0971. The van der Waals surface area contributed by atoms with Crippen LogP contribution >= 0.6 is 0 Å². The molecule has 0 heterocycles. The van der Waals surface area contributed by atoms with Crippen molar-refractivity contribution in [3.63, 3.8) is 0 Å². The zero-order valence-corrected chi connectivity index (χ0v) is 25.8. The molecule has 0 saturated heterocycles. The molecule has 1 amide bonds. The zero-order valence-electron chi connectivity index (χ0n) is 25.8. The van der Waals surface area contributed by atoms with Crippen LogP contribution in [0.25, 0.3) is 0 Å². The van der Waals surface area contributed by atoms with Gasteiger partial charge < -0.3 is 9.64 Å². The number of carbonyl (C=O) groups is 2. The van der Waals surface area contributed by atoms with E-state index in [1.165, 1.54) is 83.5 Å². The molecule has 0 bridgehead atoms. The van der Waals surface area contributed by atoms with Crippen LogP contribution in [0, 0.1) is 11.8 Å². The van der Waals surface area contributed by atoms with Gasteiger partial charge in [-0.1, -0.05) is 125 Å². The van der Waals surface area contributed by atoms with E-state index in [0.29, 0.717) is 31.3 Å². The van der Waals surface area contributed by atoms with Gasteiger partial charge in [0, 0.05) is 25.9 Å². The van der Waals surface area contributed by atoms with Gasteiger partial charge in [-0.25, -0.2) is 0 Å². The first-order chi connectivity index (χ1) is 18.0. The van der Waals surface area contributed by atoms with Gasteiger partial charge >= 0.3 is 5.97 Å². The number of esters is 1. The van der Waals surface area contributed by atoms with Gasteiger partial charge in [0.2, 0.25) is 5.91 Å². The number of amides is 1. The van der Waals surface area contributed by atoms with Gasteiger partial charge in [0.1, 0.15) is 0 Å². The summed E-state index contributed by atoms with van der Waals surface area (Å²) in [5.41, 5.74) is 0. The topological polar surface area (TPSA) is 46.6 Å². The first-order valence-electron chi connectivity index (χ1n) is 16.4. The lowest BCUT2D eigenvalue weighted by Gasteiger charge is -2.31. The Balaban J connectivity index is 4.27. The highest BCUT2D eigenvalue weighted by Gasteiger charge is 2.21. The Bertz CT molecular complexity index is 504. The summed E-state index contributed by atoms with van der Waals surface area (Å²) in [5, 5.41) is 0. The molecule has 0 radical (unpaired) electrons. The average Bonchev–Trinajstić information content (AvgIpc) is 2.91. The Morgan fingerprint density at radius 1 is 0.568 bits per heavy atom. The molecule has 2 atom stereocenters. The minimum Gasteiger partial charge on any atom is -0.466 e. The number of rotatable bonds is 27. The number of nitrogens with zero attached hydrogens (tertiary/aromatic N) is 1. The van der Waals surface area contributed by atoms with Crippen LogP contribution in [0.3, 0.4) is 0 Å². The van der Waals surface area contributed by atoms with Gasteiger partial charge in [0.15, 0.2) is 0 Å². The van der Waals surface area contributed by atoms with Gasteiger partial charge in [-0.3, -0.25) is 9.59 Å². The number of hydrogen-bond acceptors (Lipinski definition) is 3. The monoisotopic (exact) mass is 523 g/mol. The number of hydrogen-bond donors (Lipinski definition) is 0. The normalized spacial score (nSPS) is 12.9. The Hall–Kier alpha value is -1.06. The first kappa shape index (κ1) is 35.9. The highest BCUT2D eigenvalue weighted by molar-refractivity contribution is 5.76. The standard InChI is InChI=1S/C33H65NO3/c1-6-11-14-15-16-17-18-19-22-27-37-33(36)26-21-20-25-32(35)34(28-30(9-4)23-12-7-2)29-31(10-5)24-13-8-3/h30-31H,6-29H2,1-5H3. The van der Waals surface area contributed by atoms with E-state index in [1.807, 2.05) is 0 Å². The molecule has 0 aliphatic heterocycles. The molecule has 2 unspecified atom stereocenters. The molecule has 37 heavy (non-hydrogen) atoms. The summed E-state index contributed by atoms with van der Waals surface area (Å²) < 4.78 is 5.43. The molecule has 0 rings (SSSR count). The van der Waals surface area contributed by atoms with Crippen LogP contribution in [0.5, 0.6) is 0 Å². The molecule has 0 spiro atoms. The van der Waals surface area contributed by atoms with E-state index in [4.69, 9.17) is 4.74 Å². The van der Waals surface area contributed by atoms with Crippen molar-refractivity contribution in [2.75, 3.05) is 19.7 Å². The van der Waals surface area contributed by atoms with E-state index < -0.39 is 0 Å². The average molecular weight is 524 g/mol. The number of unbranched alkanes of at least 4 members (excludes halogenated alkanes) is 11. The lowest BCUT2D eigenvalue weighted by atomic mass is 9.95.